The summed E-state index contributed by atoms with van der Waals surface area (Å²) in [7, 11) is 0. The van der Waals surface area contributed by atoms with Crippen LogP contribution in [0.1, 0.15) is 18.6 Å². The summed E-state index contributed by atoms with van der Waals surface area (Å²) in [5.41, 5.74) is 0.319. The fourth-order valence-corrected chi connectivity index (χ4v) is 1.21. The SMILES string of the molecule is CC(O)c1cc(Br)ccc1F.[Br-].[CH3-].[Mg+2]. The molecular formula is C9H11Br2FMgO. The minimum Gasteiger partial charge on any atom is -1.00 e. The Hall–Kier alpha value is 0.836. The largest absolute Gasteiger partial charge is 2.00 e. The Balaban J connectivity index is -0.000000403. The molecule has 0 spiro atoms. The van der Waals surface area contributed by atoms with E-state index in [4.69, 9.17) is 5.11 Å². The minimum absolute atomic E-state index is 0. The molecule has 0 aliphatic rings. The van der Waals surface area contributed by atoms with Crippen LogP contribution in [-0.2, 0) is 0 Å². The van der Waals surface area contributed by atoms with Crippen LogP contribution in [0, 0.1) is 13.2 Å². The van der Waals surface area contributed by atoms with E-state index in [9.17, 15) is 4.39 Å². The molecule has 0 saturated heterocycles. The molecule has 1 N–H and O–H groups in total. The standard InChI is InChI=1S/C8H8BrFO.CH3.BrH.Mg/c1-5(11)7-4-6(9)2-3-8(7)10;;;/h2-5,11H,1H3;1H3;1H;/q;-1;;+2/p-1. The smallest absolute Gasteiger partial charge is 1.00 e. The number of benzene rings is 1. The summed E-state index contributed by atoms with van der Waals surface area (Å²) in [6.07, 6.45) is -0.757. The Labute approximate surface area is 119 Å². The molecule has 1 rings (SSSR count). The second-order valence-corrected chi connectivity index (χ2v) is 3.26. The monoisotopic (exact) mass is 336 g/mol. The fourth-order valence-electron chi connectivity index (χ4n) is 0.835. The number of hydrogen-bond acceptors (Lipinski definition) is 1. The van der Waals surface area contributed by atoms with Gasteiger partial charge in [-0.15, -0.1) is 0 Å². The van der Waals surface area contributed by atoms with Crippen LogP contribution >= 0.6 is 15.9 Å². The molecule has 0 bridgehead atoms. The molecule has 1 atom stereocenters. The van der Waals surface area contributed by atoms with Crippen molar-refractivity contribution in [2.45, 2.75) is 13.0 Å². The van der Waals surface area contributed by atoms with Crippen LogP contribution in [0.3, 0.4) is 0 Å². The van der Waals surface area contributed by atoms with Gasteiger partial charge in [0.25, 0.3) is 0 Å². The van der Waals surface area contributed by atoms with Crippen molar-refractivity contribution in [3.8, 4) is 0 Å². The summed E-state index contributed by atoms with van der Waals surface area (Å²) in [4.78, 5) is 0. The molecule has 14 heavy (non-hydrogen) atoms. The van der Waals surface area contributed by atoms with Gasteiger partial charge in [0.2, 0.25) is 0 Å². The molecule has 76 valence electrons. The number of rotatable bonds is 1. The molecule has 1 aromatic rings. The molecule has 0 aromatic heterocycles. The van der Waals surface area contributed by atoms with Crippen LogP contribution in [0.25, 0.3) is 0 Å². The van der Waals surface area contributed by atoms with Crippen LogP contribution < -0.4 is 17.0 Å². The number of aliphatic hydroxyl groups excluding tert-OH is 1. The molecule has 1 nitrogen and oxygen atoms in total. The van der Waals surface area contributed by atoms with E-state index in [2.05, 4.69) is 15.9 Å². The third-order valence-electron chi connectivity index (χ3n) is 1.41. The Bertz CT molecular complexity index is 269. The Kier molecular flexibility index (Phi) is 13.2. The molecule has 1 aromatic carbocycles. The molecule has 0 amide bonds. The number of aliphatic hydroxyl groups is 1. The molecule has 0 heterocycles. The first kappa shape index (κ1) is 20.3. The maximum absolute atomic E-state index is 12.8. The molecule has 5 heteroatoms. The Morgan fingerprint density at radius 3 is 2.29 bits per heavy atom. The maximum Gasteiger partial charge on any atom is 2.00 e. The number of halogens is 3. The van der Waals surface area contributed by atoms with Crippen LogP contribution in [0.5, 0.6) is 0 Å². The fraction of sp³-hybridized carbons (Fsp3) is 0.222. The van der Waals surface area contributed by atoms with Gasteiger partial charge in [0.05, 0.1) is 6.10 Å². The van der Waals surface area contributed by atoms with E-state index in [0.717, 1.165) is 4.47 Å². The molecule has 0 aliphatic heterocycles. The van der Waals surface area contributed by atoms with Crippen molar-refractivity contribution in [2.24, 2.45) is 0 Å². The van der Waals surface area contributed by atoms with E-state index in [0.29, 0.717) is 5.56 Å². The van der Waals surface area contributed by atoms with Crippen molar-refractivity contribution in [1.29, 1.82) is 0 Å². The molecular weight excluding hydrogens is 327 g/mol. The summed E-state index contributed by atoms with van der Waals surface area (Å²) in [6, 6.07) is 4.49. The van der Waals surface area contributed by atoms with E-state index in [-0.39, 0.29) is 53.3 Å². The summed E-state index contributed by atoms with van der Waals surface area (Å²) in [6.45, 7) is 1.53. The third kappa shape index (κ3) is 5.65. The van der Waals surface area contributed by atoms with E-state index < -0.39 is 6.10 Å². The van der Waals surface area contributed by atoms with Gasteiger partial charge in [-0.1, -0.05) is 15.9 Å². The molecule has 0 fully saturated rings. The van der Waals surface area contributed by atoms with E-state index in [1.165, 1.54) is 13.0 Å². The van der Waals surface area contributed by atoms with Gasteiger partial charge < -0.3 is 29.5 Å². The van der Waals surface area contributed by atoms with E-state index in [1.54, 1.807) is 12.1 Å². The zero-order valence-electron chi connectivity index (χ0n) is 8.10. The summed E-state index contributed by atoms with van der Waals surface area (Å²) >= 11 is 3.19. The van der Waals surface area contributed by atoms with Gasteiger partial charge in [-0.3, -0.25) is 0 Å². The van der Waals surface area contributed by atoms with Crippen molar-refractivity contribution in [1.82, 2.24) is 0 Å². The topological polar surface area (TPSA) is 20.2 Å². The van der Waals surface area contributed by atoms with Gasteiger partial charge in [-0.2, -0.15) is 0 Å². The average molecular weight is 338 g/mol. The molecule has 0 saturated carbocycles. The molecule has 0 radical (unpaired) electrons. The van der Waals surface area contributed by atoms with Crippen LogP contribution in [0.4, 0.5) is 4.39 Å². The van der Waals surface area contributed by atoms with E-state index in [1.807, 2.05) is 0 Å². The third-order valence-corrected chi connectivity index (χ3v) is 1.90. The first-order valence-corrected chi connectivity index (χ1v) is 4.03. The maximum atomic E-state index is 12.8. The average Bonchev–Trinajstić information content (AvgIpc) is 1.94. The van der Waals surface area contributed by atoms with Crippen LogP contribution in [-0.4, -0.2) is 28.2 Å². The van der Waals surface area contributed by atoms with Crippen molar-refractivity contribution in [3.63, 3.8) is 0 Å². The van der Waals surface area contributed by atoms with Gasteiger partial charge in [0.15, 0.2) is 0 Å². The Morgan fingerprint density at radius 1 is 1.43 bits per heavy atom. The van der Waals surface area contributed by atoms with Gasteiger partial charge in [-0.25, -0.2) is 4.39 Å². The van der Waals surface area contributed by atoms with Crippen molar-refractivity contribution in [2.75, 3.05) is 0 Å². The van der Waals surface area contributed by atoms with E-state index >= 15 is 0 Å². The van der Waals surface area contributed by atoms with Gasteiger partial charge in [0, 0.05) is 10.0 Å². The molecule has 1 unspecified atom stereocenters. The molecule has 0 aliphatic carbocycles. The zero-order chi connectivity index (χ0) is 8.43. The second-order valence-electron chi connectivity index (χ2n) is 2.34. The van der Waals surface area contributed by atoms with Gasteiger partial charge in [-0.05, 0) is 25.1 Å². The first-order chi connectivity index (χ1) is 5.11. The number of hydrogen-bond donors (Lipinski definition) is 1. The quantitative estimate of drug-likeness (QED) is 0.552. The summed E-state index contributed by atoms with van der Waals surface area (Å²) in [5.74, 6) is -0.372. The summed E-state index contributed by atoms with van der Waals surface area (Å²) in [5, 5.41) is 9.07. The Morgan fingerprint density at radius 2 is 1.93 bits per heavy atom. The zero-order valence-corrected chi connectivity index (χ0v) is 12.7. The van der Waals surface area contributed by atoms with Crippen molar-refractivity contribution in [3.05, 3.63) is 41.5 Å². The normalized spacial score (nSPS) is 10.3. The predicted molar refractivity (Wildman–Crippen MR) is 56.9 cm³/mol. The van der Waals surface area contributed by atoms with Crippen LogP contribution in [0.2, 0.25) is 0 Å². The van der Waals surface area contributed by atoms with Crippen molar-refractivity contribution < 1.29 is 26.5 Å². The first-order valence-electron chi connectivity index (χ1n) is 3.24. The summed E-state index contributed by atoms with van der Waals surface area (Å²) < 4.78 is 13.6. The second kappa shape index (κ2) is 9.09. The van der Waals surface area contributed by atoms with Crippen LogP contribution in [0.15, 0.2) is 22.7 Å². The minimum atomic E-state index is -0.757. The van der Waals surface area contributed by atoms with Crippen molar-refractivity contribution >= 4 is 39.0 Å². The van der Waals surface area contributed by atoms with Gasteiger partial charge in [0.1, 0.15) is 5.82 Å². The van der Waals surface area contributed by atoms with Gasteiger partial charge >= 0.3 is 23.1 Å². The predicted octanol–water partition coefficient (Wildman–Crippen LogP) is -0.285.